The van der Waals surface area contributed by atoms with Gasteiger partial charge in [0.2, 0.25) is 0 Å². The zero-order chi connectivity index (χ0) is 10.4. The standard InChI is InChI=1S/C9H17NO4/c1-2-13-5-3-10-4-6-14-8(7-10)9(11)12/h8H,2-7H2,1H3,(H,11,12). The van der Waals surface area contributed by atoms with Crippen LogP contribution >= 0.6 is 0 Å². The SMILES string of the molecule is CCOCCN1CCOC(C(=O)O)C1. The van der Waals surface area contributed by atoms with E-state index < -0.39 is 12.1 Å². The van der Waals surface area contributed by atoms with Gasteiger partial charge in [0.15, 0.2) is 6.10 Å². The van der Waals surface area contributed by atoms with Crippen molar-refractivity contribution >= 4 is 5.97 Å². The summed E-state index contributed by atoms with van der Waals surface area (Å²) < 4.78 is 10.3. The quantitative estimate of drug-likeness (QED) is 0.627. The van der Waals surface area contributed by atoms with Gasteiger partial charge in [0.1, 0.15) is 0 Å². The van der Waals surface area contributed by atoms with Crippen LogP contribution < -0.4 is 0 Å². The van der Waals surface area contributed by atoms with Crippen LogP contribution in [-0.2, 0) is 14.3 Å². The molecule has 1 heterocycles. The van der Waals surface area contributed by atoms with Crippen molar-refractivity contribution in [2.45, 2.75) is 13.0 Å². The van der Waals surface area contributed by atoms with Crippen molar-refractivity contribution in [2.75, 3.05) is 39.5 Å². The van der Waals surface area contributed by atoms with Crippen molar-refractivity contribution in [2.24, 2.45) is 0 Å². The summed E-state index contributed by atoms with van der Waals surface area (Å²) in [6.07, 6.45) is -0.676. The van der Waals surface area contributed by atoms with Crippen LogP contribution in [0.1, 0.15) is 6.92 Å². The summed E-state index contributed by atoms with van der Waals surface area (Å²) in [4.78, 5) is 12.7. The molecule has 1 rings (SSSR count). The smallest absolute Gasteiger partial charge is 0.334 e. The number of morpholine rings is 1. The van der Waals surface area contributed by atoms with Crippen molar-refractivity contribution in [3.05, 3.63) is 0 Å². The second-order valence-corrected chi connectivity index (χ2v) is 3.20. The number of rotatable bonds is 5. The number of hydrogen-bond donors (Lipinski definition) is 1. The third-order valence-corrected chi connectivity index (χ3v) is 2.18. The zero-order valence-corrected chi connectivity index (χ0v) is 8.44. The summed E-state index contributed by atoms with van der Waals surface area (Å²) in [6.45, 7) is 5.82. The number of carboxylic acids is 1. The van der Waals surface area contributed by atoms with Crippen molar-refractivity contribution in [1.82, 2.24) is 4.90 Å². The molecule has 1 atom stereocenters. The predicted octanol–water partition coefficient (Wildman–Crippen LogP) is -0.192. The van der Waals surface area contributed by atoms with E-state index in [2.05, 4.69) is 4.90 Å². The van der Waals surface area contributed by atoms with Gasteiger partial charge in [-0.15, -0.1) is 0 Å². The van der Waals surface area contributed by atoms with Gasteiger partial charge < -0.3 is 14.6 Å². The van der Waals surface area contributed by atoms with Gasteiger partial charge >= 0.3 is 5.97 Å². The lowest BCUT2D eigenvalue weighted by atomic mass is 10.3. The van der Waals surface area contributed by atoms with Crippen LogP contribution in [0, 0.1) is 0 Å². The topological polar surface area (TPSA) is 59.0 Å². The van der Waals surface area contributed by atoms with E-state index >= 15 is 0 Å². The molecule has 1 aliphatic heterocycles. The summed E-state index contributed by atoms with van der Waals surface area (Å²) >= 11 is 0. The minimum atomic E-state index is -0.883. The van der Waals surface area contributed by atoms with Gasteiger partial charge in [-0.3, -0.25) is 4.90 Å². The maximum absolute atomic E-state index is 10.6. The Kier molecular flexibility index (Phi) is 4.86. The highest BCUT2D eigenvalue weighted by atomic mass is 16.5. The molecule has 0 aromatic carbocycles. The van der Waals surface area contributed by atoms with E-state index in [0.717, 1.165) is 13.1 Å². The monoisotopic (exact) mass is 203 g/mol. The molecular weight excluding hydrogens is 186 g/mol. The Balaban J connectivity index is 2.22. The minimum Gasteiger partial charge on any atom is -0.479 e. The first-order valence-electron chi connectivity index (χ1n) is 4.88. The summed E-state index contributed by atoms with van der Waals surface area (Å²) in [7, 11) is 0. The van der Waals surface area contributed by atoms with E-state index in [1.54, 1.807) is 0 Å². The summed E-state index contributed by atoms with van der Waals surface area (Å²) in [5, 5.41) is 8.74. The van der Waals surface area contributed by atoms with Crippen LogP contribution in [0.25, 0.3) is 0 Å². The van der Waals surface area contributed by atoms with E-state index in [4.69, 9.17) is 14.6 Å². The fourth-order valence-electron chi connectivity index (χ4n) is 1.39. The average Bonchev–Trinajstić information content (AvgIpc) is 2.19. The van der Waals surface area contributed by atoms with Gasteiger partial charge in [-0.1, -0.05) is 0 Å². The lowest BCUT2D eigenvalue weighted by Crippen LogP contribution is -2.47. The Morgan fingerprint density at radius 3 is 3.14 bits per heavy atom. The Labute approximate surface area is 83.6 Å². The number of carboxylic acid groups (broad SMARTS) is 1. The molecule has 1 fully saturated rings. The molecule has 0 bridgehead atoms. The fraction of sp³-hybridized carbons (Fsp3) is 0.889. The molecule has 14 heavy (non-hydrogen) atoms. The van der Waals surface area contributed by atoms with E-state index in [0.29, 0.717) is 26.4 Å². The van der Waals surface area contributed by atoms with E-state index in [-0.39, 0.29) is 0 Å². The van der Waals surface area contributed by atoms with Crippen LogP contribution in [0.15, 0.2) is 0 Å². The largest absolute Gasteiger partial charge is 0.479 e. The van der Waals surface area contributed by atoms with Crippen LogP contribution in [0.4, 0.5) is 0 Å². The van der Waals surface area contributed by atoms with Crippen molar-refractivity contribution in [3.63, 3.8) is 0 Å². The lowest BCUT2D eigenvalue weighted by Gasteiger charge is -2.30. The Morgan fingerprint density at radius 1 is 1.71 bits per heavy atom. The molecule has 1 unspecified atom stereocenters. The molecule has 5 nitrogen and oxygen atoms in total. The molecular formula is C9H17NO4. The molecule has 0 aromatic rings. The number of hydrogen-bond acceptors (Lipinski definition) is 4. The van der Waals surface area contributed by atoms with Crippen LogP contribution in [0.3, 0.4) is 0 Å². The number of carbonyl (C=O) groups is 1. The maximum atomic E-state index is 10.6. The summed E-state index contributed by atoms with van der Waals surface area (Å²) in [6, 6.07) is 0. The second-order valence-electron chi connectivity index (χ2n) is 3.20. The fourth-order valence-corrected chi connectivity index (χ4v) is 1.39. The predicted molar refractivity (Wildman–Crippen MR) is 50.3 cm³/mol. The first kappa shape index (κ1) is 11.4. The summed E-state index contributed by atoms with van der Waals surface area (Å²) in [5.41, 5.74) is 0. The van der Waals surface area contributed by atoms with Crippen molar-refractivity contribution in [3.8, 4) is 0 Å². The average molecular weight is 203 g/mol. The third kappa shape index (κ3) is 3.61. The Hall–Kier alpha value is -0.650. The highest BCUT2D eigenvalue weighted by molar-refractivity contribution is 5.72. The van der Waals surface area contributed by atoms with Gasteiger partial charge in [-0.25, -0.2) is 4.79 Å². The first-order chi connectivity index (χ1) is 6.74. The van der Waals surface area contributed by atoms with Gasteiger partial charge in [0, 0.05) is 26.2 Å². The molecule has 0 saturated carbocycles. The van der Waals surface area contributed by atoms with Gasteiger partial charge in [0.25, 0.3) is 0 Å². The maximum Gasteiger partial charge on any atom is 0.334 e. The van der Waals surface area contributed by atoms with Crippen LogP contribution in [0.2, 0.25) is 0 Å². The molecule has 1 N–H and O–H groups in total. The molecule has 0 radical (unpaired) electrons. The van der Waals surface area contributed by atoms with Crippen molar-refractivity contribution < 1.29 is 19.4 Å². The molecule has 1 saturated heterocycles. The lowest BCUT2D eigenvalue weighted by molar-refractivity contribution is -0.156. The van der Waals surface area contributed by atoms with Gasteiger partial charge in [-0.2, -0.15) is 0 Å². The highest BCUT2D eigenvalue weighted by Gasteiger charge is 2.25. The molecule has 82 valence electrons. The first-order valence-corrected chi connectivity index (χ1v) is 4.88. The molecule has 1 aliphatic rings. The molecule has 0 aromatic heterocycles. The van der Waals surface area contributed by atoms with Gasteiger partial charge in [0.05, 0.1) is 13.2 Å². The normalized spacial score (nSPS) is 23.6. The summed E-state index contributed by atoms with van der Waals surface area (Å²) in [5.74, 6) is -0.883. The number of aliphatic carboxylic acids is 1. The number of nitrogens with zero attached hydrogens (tertiary/aromatic N) is 1. The Bertz CT molecular complexity index is 186. The van der Waals surface area contributed by atoms with Crippen LogP contribution in [0.5, 0.6) is 0 Å². The van der Waals surface area contributed by atoms with E-state index in [9.17, 15) is 4.79 Å². The second kappa shape index (κ2) is 5.95. The van der Waals surface area contributed by atoms with E-state index in [1.807, 2.05) is 6.92 Å². The van der Waals surface area contributed by atoms with Gasteiger partial charge in [-0.05, 0) is 6.92 Å². The zero-order valence-electron chi connectivity index (χ0n) is 8.44. The molecule has 0 aliphatic carbocycles. The van der Waals surface area contributed by atoms with Crippen LogP contribution in [-0.4, -0.2) is 61.5 Å². The van der Waals surface area contributed by atoms with Crippen molar-refractivity contribution in [1.29, 1.82) is 0 Å². The highest BCUT2D eigenvalue weighted by Crippen LogP contribution is 2.04. The van der Waals surface area contributed by atoms with E-state index in [1.165, 1.54) is 0 Å². The molecule has 0 spiro atoms. The minimum absolute atomic E-state index is 0.461. The molecule has 0 amide bonds. The molecule has 5 heteroatoms. The third-order valence-electron chi connectivity index (χ3n) is 2.18. The number of ether oxygens (including phenoxy) is 2. The Morgan fingerprint density at radius 2 is 2.50 bits per heavy atom.